The number of rotatable bonds is 3. The second-order valence-electron chi connectivity index (χ2n) is 4.57. The van der Waals surface area contributed by atoms with Crippen LogP contribution >= 0.6 is 0 Å². The van der Waals surface area contributed by atoms with Crippen LogP contribution in [-0.4, -0.2) is 20.7 Å². The Kier molecular flexibility index (Phi) is 3.86. The van der Waals surface area contributed by atoms with Gasteiger partial charge in [0.25, 0.3) is 0 Å². The Labute approximate surface area is 113 Å². The summed E-state index contributed by atoms with van der Waals surface area (Å²) in [6, 6.07) is 6.45. The summed E-state index contributed by atoms with van der Waals surface area (Å²) in [5, 5.41) is 9.02. The van der Waals surface area contributed by atoms with Crippen LogP contribution < -0.4 is 4.31 Å². The Morgan fingerprint density at radius 3 is 2.68 bits per heavy atom. The molecule has 19 heavy (non-hydrogen) atoms. The van der Waals surface area contributed by atoms with Gasteiger partial charge in [0.1, 0.15) is 5.69 Å². The average Bonchev–Trinajstić information content (AvgIpc) is 2.39. The molecule has 1 aromatic carbocycles. The van der Waals surface area contributed by atoms with Gasteiger partial charge in [-0.2, -0.15) is 0 Å². The lowest BCUT2D eigenvalue weighted by atomic mass is 10.0. The van der Waals surface area contributed by atoms with E-state index in [4.69, 9.17) is 5.39 Å². The zero-order valence-corrected chi connectivity index (χ0v) is 11.5. The smallest absolute Gasteiger partial charge is 0.256 e. The van der Waals surface area contributed by atoms with Crippen molar-refractivity contribution < 1.29 is 8.42 Å². The van der Waals surface area contributed by atoms with Crippen LogP contribution in [-0.2, 0) is 10.0 Å². The number of anilines is 1. The second-order valence-corrected chi connectivity index (χ2v) is 6.43. The van der Waals surface area contributed by atoms with Crippen LogP contribution in [0.25, 0.3) is 4.98 Å². The van der Waals surface area contributed by atoms with Crippen LogP contribution in [0.2, 0.25) is 0 Å². The van der Waals surface area contributed by atoms with Crippen molar-refractivity contribution >= 4 is 21.4 Å². The third-order valence-corrected chi connectivity index (χ3v) is 4.30. The molecule has 2 rings (SSSR count). The monoisotopic (exact) mass is 278 g/mol. The van der Waals surface area contributed by atoms with Gasteiger partial charge in [-0.05, 0) is 25.3 Å². The molecule has 1 unspecified atom stereocenters. The van der Waals surface area contributed by atoms with Crippen molar-refractivity contribution in [2.75, 3.05) is 10.6 Å². The van der Waals surface area contributed by atoms with Gasteiger partial charge in [0, 0.05) is 6.07 Å². The normalized spacial score (nSPS) is 18.8. The number of benzene rings is 1. The molecule has 0 bridgehead atoms. The summed E-state index contributed by atoms with van der Waals surface area (Å²) in [7, 11) is -3.44. The van der Waals surface area contributed by atoms with Crippen LogP contribution in [0.5, 0.6) is 0 Å². The predicted molar refractivity (Wildman–Crippen MR) is 75.3 cm³/mol. The maximum atomic E-state index is 12.1. The van der Waals surface area contributed by atoms with Gasteiger partial charge in [-0.15, -0.1) is 0 Å². The van der Waals surface area contributed by atoms with Crippen LogP contribution in [0.4, 0.5) is 11.4 Å². The van der Waals surface area contributed by atoms with Gasteiger partial charge >= 0.3 is 5.69 Å². The van der Waals surface area contributed by atoms with Crippen LogP contribution in [0.3, 0.4) is 0 Å². The Balaban J connectivity index is 2.53. The van der Waals surface area contributed by atoms with E-state index >= 15 is 0 Å². The highest BCUT2D eigenvalue weighted by Crippen LogP contribution is 2.33. The number of hydrogen-bond acceptors (Lipinski definition) is 3. The van der Waals surface area contributed by atoms with Crippen molar-refractivity contribution in [1.29, 1.82) is 5.39 Å². The second kappa shape index (κ2) is 5.41. The zero-order valence-electron chi connectivity index (χ0n) is 10.7. The van der Waals surface area contributed by atoms with Gasteiger partial charge in [0.05, 0.1) is 12.3 Å². The molecular weight excluding hydrogens is 262 g/mol. The fourth-order valence-corrected chi connectivity index (χ4v) is 3.51. The number of nitrogens with zero attached hydrogens (tertiary/aromatic N) is 3. The Bertz CT molecular complexity index is 632. The van der Waals surface area contributed by atoms with Crippen LogP contribution in [0.1, 0.15) is 19.3 Å². The minimum atomic E-state index is -3.44. The molecule has 1 aliphatic carbocycles. The van der Waals surface area contributed by atoms with E-state index in [-0.39, 0.29) is 11.7 Å². The summed E-state index contributed by atoms with van der Waals surface area (Å²) in [4.78, 5) is 3.17. The van der Waals surface area contributed by atoms with E-state index in [0.29, 0.717) is 5.69 Å². The van der Waals surface area contributed by atoms with Crippen LogP contribution in [0.15, 0.2) is 36.4 Å². The first-order valence-electron chi connectivity index (χ1n) is 6.14. The number of sulfonamides is 1. The predicted octanol–water partition coefficient (Wildman–Crippen LogP) is 3.05. The Morgan fingerprint density at radius 2 is 2.11 bits per heavy atom. The average molecular weight is 278 g/mol. The van der Waals surface area contributed by atoms with Gasteiger partial charge in [-0.25, -0.2) is 8.42 Å². The van der Waals surface area contributed by atoms with E-state index in [1.807, 2.05) is 12.2 Å². The third kappa shape index (κ3) is 2.93. The first kappa shape index (κ1) is 13.6. The van der Waals surface area contributed by atoms with Gasteiger partial charge in [-0.1, -0.05) is 24.3 Å². The zero-order chi connectivity index (χ0) is 13.9. The molecule has 1 aliphatic rings. The molecule has 0 amide bonds. The Hall–Kier alpha value is -1.87. The van der Waals surface area contributed by atoms with Crippen molar-refractivity contribution in [2.24, 2.45) is 0 Å². The van der Waals surface area contributed by atoms with E-state index in [1.165, 1.54) is 10.6 Å². The highest BCUT2D eigenvalue weighted by molar-refractivity contribution is 7.92. The number of para-hydroxylation sites is 1. The molecule has 0 heterocycles. The van der Waals surface area contributed by atoms with E-state index in [9.17, 15) is 8.42 Å². The minimum absolute atomic E-state index is 0.216. The largest absolute Gasteiger partial charge is 0.409 e. The van der Waals surface area contributed by atoms with E-state index in [0.717, 1.165) is 19.3 Å². The van der Waals surface area contributed by atoms with Gasteiger partial charge < -0.3 is 0 Å². The molecule has 100 valence electrons. The summed E-state index contributed by atoms with van der Waals surface area (Å²) >= 11 is 0. The lowest BCUT2D eigenvalue weighted by molar-refractivity contribution is 0.577. The summed E-state index contributed by atoms with van der Waals surface area (Å²) in [5.74, 6) is 0. The summed E-state index contributed by atoms with van der Waals surface area (Å²) in [6.07, 6.45) is 7.75. The molecule has 1 atom stereocenters. The fraction of sp³-hybridized carbons (Fsp3) is 0.385. The summed E-state index contributed by atoms with van der Waals surface area (Å²) in [6.45, 7) is 0. The SMILES string of the molecule is CS(=O)(=O)N(c1ccccc1[N+]#N)C1C=CCCC1. The summed E-state index contributed by atoms with van der Waals surface area (Å²) < 4.78 is 25.5. The molecule has 0 spiro atoms. The maximum absolute atomic E-state index is 12.1. The molecule has 0 N–H and O–H groups in total. The highest BCUT2D eigenvalue weighted by atomic mass is 32.2. The minimum Gasteiger partial charge on any atom is -0.256 e. The Morgan fingerprint density at radius 1 is 1.37 bits per heavy atom. The number of diazo groups is 1. The van der Waals surface area contributed by atoms with Crippen molar-refractivity contribution in [3.05, 3.63) is 41.4 Å². The molecule has 0 aliphatic heterocycles. The summed E-state index contributed by atoms with van der Waals surface area (Å²) in [5.41, 5.74) is 0.663. The van der Waals surface area contributed by atoms with E-state index in [1.54, 1.807) is 24.3 Å². The third-order valence-electron chi connectivity index (χ3n) is 3.11. The van der Waals surface area contributed by atoms with Gasteiger partial charge in [-0.3, -0.25) is 4.31 Å². The van der Waals surface area contributed by atoms with Crippen molar-refractivity contribution in [3.8, 4) is 0 Å². The van der Waals surface area contributed by atoms with E-state index in [2.05, 4.69) is 4.98 Å². The van der Waals surface area contributed by atoms with E-state index < -0.39 is 10.0 Å². The number of hydrogen-bond donors (Lipinski definition) is 0. The molecule has 0 fully saturated rings. The van der Waals surface area contributed by atoms with Crippen LogP contribution in [0, 0.1) is 5.39 Å². The topological polar surface area (TPSA) is 65.5 Å². The maximum Gasteiger partial charge on any atom is 0.409 e. The molecule has 0 saturated carbocycles. The lowest BCUT2D eigenvalue weighted by Crippen LogP contribution is -2.39. The molecule has 0 aromatic heterocycles. The van der Waals surface area contributed by atoms with Gasteiger partial charge in [0.15, 0.2) is 4.98 Å². The lowest BCUT2D eigenvalue weighted by Gasteiger charge is -2.29. The molecule has 1 aromatic rings. The molecule has 5 nitrogen and oxygen atoms in total. The molecular formula is C13H16N3O2S+. The van der Waals surface area contributed by atoms with Crippen molar-refractivity contribution in [2.45, 2.75) is 25.3 Å². The van der Waals surface area contributed by atoms with Crippen molar-refractivity contribution in [1.82, 2.24) is 0 Å². The molecule has 0 saturated heterocycles. The first-order chi connectivity index (χ1) is 9.04. The number of allylic oxidation sites excluding steroid dienone is 1. The highest BCUT2D eigenvalue weighted by Gasteiger charge is 2.31. The van der Waals surface area contributed by atoms with Crippen molar-refractivity contribution in [3.63, 3.8) is 0 Å². The fourth-order valence-electron chi connectivity index (χ4n) is 2.33. The molecule has 0 radical (unpaired) electrons. The first-order valence-corrected chi connectivity index (χ1v) is 7.99. The van der Waals surface area contributed by atoms with Gasteiger partial charge in [0.2, 0.25) is 15.4 Å². The standard InChI is InChI=1S/C13H16N3O2S/c1-19(17,18)16(11-7-3-2-4-8-11)13-10-6-5-9-12(13)15-14/h3,5-7,9-11H,2,4,8H2,1H3/q+1. The molecule has 6 heteroatoms. The quantitative estimate of drug-likeness (QED) is 0.630.